The molecule has 5 nitrogen and oxygen atoms in total. The second kappa shape index (κ2) is 9.44. The number of hydrogen-bond donors (Lipinski definition) is 1. The molecule has 0 unspecified atom stereocenters. The Morgan fingerprint density at radius 1 is 1.09 bits per heavy atom. The zero-order valence-electron chi connectivity index (χ0n) is 18.1. The predicted octanol–water partition coefficient (Wildman–Crippen LogP) is 5.53. The van der Waals surface area contributed by atoms with Crippen molar-refractivity contribution in [3.05, 3.63) is 84.3 Å². The fourth-order valence-corrected chi connectivity index (χ4v) is 4.08. The zero-order chi connectivity index (χ0) is 22.7. The molecular weight excluding hydrogens is 425 g/mol. The van der Waals surface area contributed by atoms with Crippen LogP contribution in [0, 0.1) is 5.82 Å². The van der Waals surface area contributed by atoms with Crippen LogP contribution in [0.4, 0.5) is 4.39 Å². The fourth-order valence-electron chi connectivity index (χ4n) is 3.67. The number of hydrogen-bond acceptors (Lipinski definition) is 4. The van der Waals surface area contributed by atoms with E-state index in [-0.39, 0.29) is 23.9 Å². The third kappa shape index (κ3) is 4.78. The van der Waals surface area contributed by atoms with E-state index in [4.69, 9.17) is 4.74 Å². The Bertz CT molecular complexity index is 1220. The van der Waals surface area contributed by atoms with Gasteiger partial charge in [0.15, 0.2) is 0 Å². The van der Waals surface area contributed by atoms with Crippen LogP contribution in [0.1, 0.15) is 25.5 Å². The highest BCUT2D eigenvalue weighted by Crippen LogP contribution is 2.30. The lowest BCUT2D eigenvalue weighted by Crippen LogP contribution is -2.37. The van der Waals surface area contributed by atoms with E-state index >= 15 is 0 Å². The minimum atomic E-state index is -0.362. The maximum absolute atomic E-state index is 13.3. The van der Waals surface area contributed by atoms with Crippen LogP contribution < -0.4 is 10.1 Å². The average molecular weight is 450 g/mol. The van der Waals surface area contributed by atoms with Crippen molar-refractivity contribution in [2.75, 3.05) is 6.26 Å². The summed E-state index contributed by atoms with van der Waals surface area (Å²) < 4.78 is 21.4. The number of ether oxygens (including phenoxy) is 1. The van der Waals surface area contributed by atoms with Crippen molar-refractivity contribution < 1.29 is 13.9 Å². The van der Waals surface area contributed by atoms with E-state index in [1.165, 1.54) is 19.1 Å². The van der Waals surface area contributed by atoms with E-state index in [0.29, 0.717) is 5.75 Å². The Hall–Kier alpha value is -3.32. The highest BCUT2D eigenvalue weighted by Gasteiger charge is 2.22. The number of halogens is 1. The Kier molecular flexibility index (Phi) is 6.46. The minimum absolute atomic E-state index is 0.108. The first-order valence-electron chi connectivity index (χ1n) is 10.3. The van der Waals surface area contributed by atoms with Gasteiger partial charge in [-0.05, 0) is 73.3 Å². The summed E-state index contributed by atoms with van der Waals surface area (Å²) in [4.78, 5) is 12.8. The molecule has 0 fully saturated rings. The summed E-state index contributed by atoms with van der Waals surface area (Å²) in [7, 11) is 0. The van der Waals surface area contributed by atoms with Gasteiger partial charge in [0.2, 0.25) is 5.91 Å². The molecular formula is C25H24FN3O2S. The Labute approximate surface area is 190 Å². The minimum Gasteiger partial charge on any atom is -0.484 e. The summed E-state index contributed by atoms with van der Waals surface area (Å²) in [5.41, 5.74) is 2.65. The molecule has 0 aliphatic heterocycles. The van der Waals surface area contributed by atoms with Gasteiger partial charge in [0.05, 0.1) is 23.4 Å². The van der Waals surface area contributed by atoms with E-state index in [1.807, 2.05) is 55.6 Å². The van der Waals surface area contributed by atoms with E-state index in [9.17, 15) is 9.18 Å². The number of amides is 1. The Balaban J connectivity index is 1.64. The summed E-state index contributed by atoms with van der Waals surface area (Å²) in [6, 6.07) is 19.9. The van der Waals surface area contributed by atoms with Crippen molar-refractivity contribution >= 4 is 28.6 Å². The molecule has 0 aliphatic rings. The van der Waals surface area contributed by atoms with Crippen LogP contribution in [0.3, 0.4) is 0 Å². The summed E-state index contributed by atoms with van der Waals surface area (Å²) in [5, 5.41) is 8.29. The van der Waals surface area contributed by atoms with Crippen molar-refractivity contribution in [1.29, 1.82) is 0 Å². The SMILES string of the molecule is CSc1ccc([C@@H](Oc2ccc3c(cnn3-c3ccc(F)cc3)c2)[C@H](C)NC(C)=O)cc1. The smallest absolute Gasteiger partial charge is 0.217 e. The molecule has 2 atom stereocenters. The van der Waals surface area contributed by atoms with Gasteiger partial charge in [0, 0.05) is 17.2 Å². The van der Waals surface area contributed by atoms with Crippen molar-refractivity contribution in [3.8, 4) is 11.4 Å². The first kappa shape index (κ1) is 21.9. The molecule has 4 rings (SSSR count). The maximum atomic E-state index is 13.3. The molecule has 0 saturated heterocycles. The zero-order valence-corrected chi connectivity index (χ0v) is 18.9. The van der Waals surface area contributed by atoms with Gasteiger partial charge in [-0.15, -0.1) is 11.8 Å². The van der Waals surface area contributed by atoms with Crippen molar-refractivity contribution in [1.82, 2.24) is 15.1 Å². The van der Waals surface area contributed by atoms with Crippen LogP contribution in [0.25, 0.3) is 16.6 Å². The second-order valence-electron chi connectivity index (χ2n) is 7.55. The van der Waals surface area contributed by atoms with Gasteiger partial charge in [0.1, 0.15) is 17.7 Å². The summed E-state index contributed by atoms with van der Waals surface area (Å²) in [6.07, 6.45) is 3.43. The van der Waals surface area contributed by atoms with E-state index < -0.39 is 0 Å². The number of nitrogens with one attached hydrogen (secondary N) is 1. The molecule has 0 bridgehead atoms. The summed E-state index contributed by atoms with van der Waals surface area (Å²) in [5.74, 6) is 0.279. The molecule has 0 spiro atoms. The Morgan fingerprint density at radius 2 is 1.81 bits per heavy atom. The van der Waals surface area contributed by atoms with Crippen LogP contribution >= 0.6 is 11.8 Å². The number of rotatable bonds is 7. The lowest BCUT2D eigenvalue weighted by Gasteiger charge is -2.26. The molecule has 7 heteroatoms. The molecule has 1 amide bonds. The lowest BCUT2D eigenvalue weighted by molar-refractivity contribution is -0.120. The molecule has 1 heterocycles. The highest BCUT2D eigenvalue weighted by atomic mass is 32.2. The molecule has 164 valence electrons. The number of benzene rings is 3. The standard InChI is InChI=1S/C25H24FN3O2S/c1-16(28-17(2)30)25(18-4-11-23(32-3)12-5-18)31-22-10-13-24-19(14-22)15-27-29(24)21-8-6-20(26)7-9-21/h4-16,25H,1-3H3,(H,28,30)/t16-,25-/m0/s1. The normalized spacial score (nSPS) is 13.0. The number of carbonyl (C=O) groups is 1. The third-order valence-electron chi connectivity index (χ3n) is 5.20. The van der Waals surface area contributed by atoms with Crippen LogP contribution in [-0.4, -0.2) is 28.0 Å². The first-order valence-corrected chi connectivity index (χ1v) is 11.5. The number of aromatic nitrogens is 2. The average Bonchev–Trinajstić information content (AvgIpc) is 3.21. The molecule has 0 aliphatic carbocycles. The quantitative estimate of drug-likeness (QED) is 0.377. The van der Waals surface area contributed by atoms with E-state index in [2.05, 4.69) is 10.4 Å². The summed E-state index contributed by atoms with van der Waals surface area (Å²) in [6.45, 7) is 3.43. The van der Waals surface area contributed by atoms with Gasteiger partial charge in [-0.25, -0.2) is 9.07 Å². The lowest BCUT2D eigenvalue weighted by atomic mass is 10.0. The molecule has 4 aromatic rings. The van der Waals surface area contributed by atoms with Gasteiger partial charge < -0.3 is 10.1 Å². The van der Waals surface area contributed by atoms with Crippen molar-refractivity contribution in [2.24, 2.45) is 0 Å². The monoisotopic (exact) mass is 449 g/mol. The molecule has 32 heavy (non-hydrogen) atoms. The van der Waals surface area contributed by atoms with Crippen LogP contribution in [-0.2, 0) is 4.79 Å². The highest BCUT2D eigenvalue weighted by molar-refractivity contribution is 7.98. The maximum Gasteiger partial charge on any atom is 0.217 e. The van der Waals surface area contributed by atoms with Crippen molar-refractivity contribution in [2.45, 2.75) is 30.9 Å². The number of fused-ring (bicyclic) bond motifs is 1. The molecule has 1 aromatic heterocycles. The van der Waals surface area contributed by atoms with Gasteiger partial charge in [0.25, 0.3) is 0 Å². The number of nitrogens with zero attached hydrogens (tertiary/aromatic N) is 2. The number of carbonyl (C=O) groups excluding carboxylic acids is 1. The predicted molar refractivity (Wildman–Crippen MR) is 126 cm³/mol. The largest absolute Gasteiger partial charge is 0.484 e. The van der Waals surface area contributed by atoms with Crippen LogP contribution in [0.15, 0.2) is 77.8 Å². The molecule has 0 radical (unpaired) electrons. The van der Waals surface area contributed by atoms with Crippen LogP contribution in [0.5, 0.6) is 5.75 Å². The number of thioether (sulfide) groups is 1. The second-order valence-corrected chi connectivity index (χ2v) is 8.43. The Morgan fingerprint density at radius 3 is 2.47 bits per heavy atom. The van der Waals surface area contributed by atoms with E-state index in [1.54, 1.807) is 34.8 Å². The molecule has 1 N–H and O–H groups in total. The van der Waals surface area contributed by atoms with Gasteiger partial charge in [-0.2, -0.15) is 5.10 Å². The van der Waals surface area contributed by atoms with Gasteiger partial charge >= 0.3 is 0 Å². The fraction of sp³-hybridized carbons (Fsp3) is 0.200. The van der Waals surface area contributed by atoms with Crippen molar-refractivity contribution in [3.63, 3.8) is 0 Å². The molecule has 3 aromatic carbocycles. The van der Waals surface area contributed by atoms with Gasteiger partial charge in [-0.1, -0.05) is 12.1 Å². The third-order valence-corrected chi connectivity index (χ3v) is 5.95. The van der Waals surface area contributed by atoms with Crippen LogP contribution in [0.2, 0.25) is 0 Å². The molecule has 0 saturated carbocycles. The summed E-state index contributed by atoms with van der Waals surface area (Å²) >= 11 is 1.67. The van der Waals surface area contributed by atoms with E-state index in [0.717, 1.165) is 27.0 Å². The van der Waals surface area contributed by atoms with Gasteiger partial charge in [-0.3, -0.25) is 4.79 Å². The topological polar surface area (TPSA) is 56.1 Å². The first-order chi connectivity index (χ1) is 15.4.